The van der Waals surface area contributed by atoms with Crippen LogP contribution in [0.2, 0.25) is 0 Å². The number of sulfonamides is 1. The first-order valence-electron chi connectivity index (χ1n) is 11.8. The first-order chi connectivity index (χ1) is 16.3. The van der Waals surface area contributed by atoms with Gasteiger partial charge in [0.15, 0.2) is 0 Å². The van der Waals surface area contributed by atoms with Crippen LogP contribution in [-0.4, -0.2) is 55.7 Å². The lowest BCUT2D eigenvalue weighted by Crippen LogP contribution is -2.40. The number of benzene rings is 2. The van der Waals surface area contributed by atoms with Crippen LogP contribution in [0.4, 0.5) is 0 Å². The quantitative estimate of drug-likeness (QED) is 0.447. The van der Waals surface area contributed by atoms with Crippen LogP contribution >= 0.6 is 0 Å². The van der Waals surface area contributed by atoms with E-state index >= 15 is 0 Å². The van der Waals surface area contributed by atoms with Gasteiger partial charge < -0.3 is 15.5 Å². The number of aromatic nitrogens is 1. The summed E-state index contributed by atoms with van der Waals surface area (Å²) < 4.78 is 32.6. The van der Waals surface area contributed by atoms with E-state index in [4.69, 9.17) is 10.5 Å². The van der Waals surface area contributed by atoms with E-state index in [1.165, 1.54) is 0 Å². The molecule has 34 heavy (non-hydrogen) atoms. The van der Waals surface area contributed by atoms with E-state index < -0.39 is 15.9 Å². The summed E-state index contributed by atoms with van der Waals surface area (Å²) in [7, 11) is -3.34. The van der Waals surface area contributed by atoms with E-state index in [1.807, 2.05) is 56.4 Å². The van der Waals surface area contributed by atoms with Gasteiger partial charge in [0.1, 0.15) is 0 Å². The molecular weight excluding hydrogens is 450 g/mol. The van der Waals surface area contributed by atoms with Crippen molar-refractivity contribution in [1.29, 1.82) is 0 Å². The second kappa shape index (κ2) is 10.3. The first-order valence-corrected chi connectivity index (χ1v) is 13.4. The Kier molecular flexibility index (Phi) is 7.40. The van der Waals surface area contributed by atoms with Gasteiger partial charge in [-0.25, -0.2) is 12.7 Å². The highest BCUT2D eigenvalue weighted by molar-refractivity contribution is 7.89. The third-order valence-corrected chi connectivity index (χ3v) is 8.25. The SMILES string of the molecule is CC(C)COCCS(=O)(=O)N1CCC(c2c[nH]c3c(C(N)=O)cc(-c4ccccc4)cc23)CC1. The fourth-order valence-corrected chi connectivity index (χ4v) is 5.99. The van der Waals surface area contributed by atoms with E-state index in [0.717, 1.165) is 40.4 Å². The van der Waals surface area contributed by atoms with Crippen LogP contribution < -0.4 is 5.73 Å². The van der Waals surface area contributed by atoms with Gasteiger partial charge >= 0.3 is 0 Å². The molecule has 1 aliphatic heterocycles. The third kappa shape index (κ3) is 5.35. The molecule has 1 amide bonds. The Morgan fingerprint density at radius 3 is 2.50 bits per heavy atom. The van der Waals surface area contributed by atoms with Gasteiger partial charge in [0.25, 0.3) is 5.91 Å². The highest BCUT2D eigenvalue weighted by atomic mass is 32.2. The molecule has 0 aliphatic carbocycles. The average Bonchev–Trinajstić information content (AvgIpc) is 3.25. The molecule has 8 heteroatoms. The molecule has 0 saturated carbocycles. The average molecular weight is 484 g/mol. The second-order valence-electron chi connectivity index (χ2n) is 9.38. The third-order valence-electron chi connectivity index (χ3n) is 6.42. The van der Waals surface area contributed by atoms with Crippen molar-refractivity contribution in [3.8, 4) is 11.1 Å². The normalized spacial score (nSPS) is 15.9. The van der Waals surface area contributed by atoms with Gasteiger partial charge in [-0.2, -0.15) is 0 Å². The number of primary amides is 1. The number of piperidine rings is 1. The Hall–Kier alpha value is -2.68. The number of amides is 1. The second-order valence-corrected chi connectivity index (χ2v) is 11.5. The van der Waals surface area contributed by atoms with Gasteiger partial charge in [0, 0.05) is 31.3 Å². The van der Waals surface area contributed by atoms with Crippen LogP contribution in [0.1, 0.15) is 48.5 Å². The summed E-state index contributed by atoms with van der Waals surface area (Å²) in [4.78, 5) is 15.5. The summed E-state index contributed by atoms with van der Waals surface area (Å²) in [6.45, 7) is 5.83. The molecule has 2 heterocycles. The van der Waals surface area contributed by atoms with Gasteiger partial charge in [-0.15, -0.1) is 0 Å². The van der Waals surface area contributed by atoms with Gasteiger partial charge in [0.05, 0.1) is 23.4 Å². The maximum absolute atomic E-state index is 12.7. The van der Waals surface area contributed by atoms with Crippen LogP contribution in [-0.2, 0) is 14.8 Å². The van der Waals surface area contributed by atoms with E-state index in [2.05, 4.69) is 11.1 Å². The zero-order valence-corrected chi connectivity index (χ0v) is 20.6. The minimum absolute atomic E-state index is 0.0138. The highest BCUT2D eigenvalue weighted by Gasteiger charge is 2.30. The Morgan fingerprint density at radius 2 is 1.85 bits per heavy atom. The van der Waals surface area contributed by atoms with Crippen molar-refractivity contribution in [2.24, 2.45) is 11.7 Å². The Bertz CT molecular complexity index is 1240. The number of fused-ring (bicyclic) bond motifs is 1. The number of rotatable bonds is 9. The van der Waals surface area contributed by atoms with Crippen LogP contribution in [0.5, 0.6) is 0 Å². The molecule has 1 fully saturated rings. The summed E-state index contributed by atoms with van der Waals surface area (Å²) in [6.07, 6.45) is 3.39. The van der Waals surface area contributed by atoms with Crippen molar-refractivity contribution in [1.82, 2.24) is 9.29 Å². The molecule has 2 aromatic carbocycles. The summed E-state index contributed by atoms with van der Waals surface area (Å²) >= 11 is 0. The van der Waals surface area contributed by atoms with Crippen LogP contribution in [0.15, 0.2) is 48.7 Å². The molecule has 0 radical (unpaired) electrons. The number of nitrogens with two attached hydrogens (primary N) is 1. The fraction of sp³-hybridized carbons (Fsp3) is 0.423. The van der Waals surface area contributed by atoms with Crippen molar-refractivity contribution >= 4 is 26.8 Å². The molecule has 3 aromatic rings. The molecule has 0 unspecified atom stereocenters. The lowest BCUT2D eigenvalue weighted by molar-refractivity contribution is 0.100. The largest absolute Gasteiger partial charge is 0.380 e. The number of H-pyrrole nitrogens is 1. The number of nitrogens with one attached hydrogen (secondary N) is 1. The smallest absolute Gasteiger partial charge is 0.250 e. The summed E-state index contributed by atoms with van der Waals surface area (Å²) in [5.41, 5.74) is 9.95. The minimum atomic E-state index is -3.34. The van der Waals surface area contributed by atoms with E-state index in [9.17, 15) is 13.2 Å². The van der Waals surface area contributed by atoms with Crippen molar-refractivity contribution in [2.45, 2.75) is 32.6 Å². The zero-order valence-electron chi connectivity index (χ0n) is 19.8. The van der Waals surface area contributed by atoms with Crippen LogP contribution in [0, 0.1) is 5.92 Å². The summed E-state index contributed by atoms with van der Waals surface area (Å²) in [5, 5.41) is 0.971. The monoisotopic (exact) mass is 483 g/mol. The Balaban J connectivity index is 1.53. The number of ether oxygens (including phenoxy) is 1. The fourth-order valence-electron chi connectivity index (χ4n) is 4.64. The summed E-state index contributed by atoms with van der Waals surface area (Å²) in [6, 6.07) is 13.8. The molecule has 0 spiro atoms. The van der Waals surface area contributed by atoms with E-state index in [0.29, 0.717) is 31.2 Å². The number of aromatic amines is 1. The maximum Gasteiger partial charge on any atom is 0.250 e. The predicted molar refractivity (Wildman–Crippen MR) is 135 cm³/mol. The van der Waals surface area contributed by atoms with Gasteiger partial charge in [-0.1, -0.05) is 44.2 Å². The molecule has 0 atom stereocenters. The topological polar surface area (TPSA) is 105 Å². The molecule has 182 valence electrons. The van der Waals surface area contributed by atoms with Gasteiger partial charge in [0.2, 0.25) is 10.0 Å². The van der Waals surface area contributed by atoms with Gasteiger partial charge in [-0.05, 0) is 53.5 Å². The van der Waals surface area contributed by atoms with Gasteiger partial charge in [-0.3, -0.25) is 4.79 Å². The van der Waals surface area contributed by atoms with Crippen LogP contribution in [0.3, 0.4) is 0 Å². The molecule has 1 aromatic heterocycles. The molecule has 4 rings (SSSR count). The van der Waals surface area contributed by atoms with Crippen molar-refractivity contribution < 1.29 is 17.9 Å². The molecule has 0 bridgehead atoms. The number of hydrogen-bond acceptors (Lipinski definition) is 4. The van der Waals surface area contributed by atoms with Crippen molar-refractivity contribution in [3.05, 3.63) is 59.8 Å². The molecule has 7 nitrogen and oxygen atoms in total. The van der Waals surface area contributed by atoms with E-state index in [-0.39, 0.29) is 18.3 Å². The first kappa shape index (κ1) is 24.4. The zero-order chi connectivity index (χ0) is 24.3. The summed E-state index contributed by atoms with van der Waals surface area (Å²) in [5.74, 6) is 0.118. The molecule has 3 N–H and O–H groups in total. The predicted octanol–water partition coefficient (Wildman–Crippen LogP) is 4.12. The van der Waals surface area contributed by atoms with E-state index in [1.54, 1.807) is 4.31 Å². The lowest BCUT2D eigenvalue weighted by atomic mass is 9.88. The maximum atomic E-state index is 12.7. The number of hydrogen-bond donors (Lipinski definition) is 2. The minimum Gasteiger partial charge on any atom is -0.380 e. The number of carbonyl (C=O) groups excluding carboxylic acids is 1. The number of carbonyl (C=O) groups is 1. The number of nitrogens with zero attached hydrogens (tertiary/aromatic N) is 1. The molecule has 1 aliphatic rings. The Morgan fingerprint density at radius 1 is 1.15 bits per heavy atom. The molecule has 1 saturated heterocycles. The standard InChI is InChI=1S/C26H33N3O4S/c1-18(2)17-33-12-13-34(31,32)29-10-8-20(9-11-29)24-16-28-25-22(24)14-21(15-23(25)26(27)30)19-6-4-3-5-7-19/h3-7,14-16,18,20,28H,8-13,17H2,1-2H3,(H2,27,30). The Labute approximate surface area is 201 Å². The van der Waals surface area contributed by atoms with Crippen molar-refractivity contribution in [2.75, 3.05) is 32.1 Å². The van der Waals surface area contributed by atoms with Crippen molar-refractivity contribution in [3.63, 3.8) is 0 Å². The highest BCUT2D eigenvalue weighted by Crippen LogP contribution is 2.37. The lowest BCUT2D eigenvalue weighted by Gasteiger charge is -2.31. The van der Waals surface area contributed by atoms with Crippen LogP contribution in [0.25, 0.3) is 22.0 Å². The molecular formula is C26H33N3O4S.